The van der Waals surface area contributed by atoms with Gasteiger partial charge >= 0.3 is 0 Å². The zero-order valence-electron chi connectivity index (χ0n) is 12.2. The highest BCUT2D eigenvalue weighted by Gasteiger charge is 2.34. The number of nitrogen functional groups attached to an aromatic ring is 1. The Bertz CT molecular complexity index is 841. The highest BCUT2D eigenvalue weighted by Crippen LogP contribution is 2.39. The van der Waals surface area contributed by atoms with Crippen LogP contribution in [0.25, 0.3) is 11.2 Å². The normalized spacial score (nSPS) is 20.1. The molecule has 2 aromatic heterocycles. The molecular formula is C15H17N7. The standard InChI is InChI=1S/C15H17N7/c1-15(7-6-9-4-2-3-5-10(9)15)21-13-11-12(18-8-17-11)19-14(20-13)22-16/h2-5,8H,6-7,16H2,1H3,(H3,17,18,19,20,21,22)/t15-/m0/s1. The van der Waals surface area contributed by atoms with Crippen LogP contribution < -0.4 is 16.6 Å². The Morgan fingerprint density at radius 2 is 2.14 bits per heavy atom. The number of hydrogen-bond acceptors (Lipinski definition) is 6. The minimum absolute atomic E-state index is 0.172. The van der Waals surface area contributed by atoms with E-state index in [1.165, 1.54) is 11.1 Å². The van der Waals surface area contributed by atoms with Crippen LogP contribution in [-0.4, -0.2) is 19.9 Å². The van der Waals surface area contributed by atoms with Gasteiger partial charge in [0.25, 0.3) is 0 Å². The predicted molar refractivity (Wildman–Crippen MR) is 85.2 cm³/mol. The number of benzene rings is 1. The molecule has 3 aromatic rings. The van der Waals surface area contributed by atoms with Gasteiger partial charge in [-0.25, -0.2) is 10.8 Å². The van der Waals surface area contributed by atoms with Crippen molar-refractivity contribution in [3.63, 3.8) is 0 Å². The van der Waals surface area contributed by atoms with E-state index in [0.717, 1.165) is 18.4 Å². The predicted octanol–water partition coefficient (Wildman–Crippen LogP) is 1.91. The van der Waals surface area contributed by atoms with Gasteiger partial charge in [0.15, 0.2) is 11.5 Å². The van der Waals surface area contributed by atoms with Gasteiger partial charge in [0.05, 0.1) is 11.9 Å². The molecule has 112 valence electrons. The fourth-order valence-electron chi connectivity index (χ4n) is 3.18. The summed E-state index contributed by atoms with van der Waals surface area (Å²) in [5.74, 6) is 6.50. The fourth-order valence-corrected chi connectivity index (χ4v) is 3.18. The van der Waals surface area contributed by atoms with E-state index in [0.29, 0.717) is 17.4 Å². The molecule has 7 nitrogen and oxygen atoms in total. The Morgan fingerprint density at radius 3 is 3.00 bits per heavy atom. The number of nitrogens with zero attached hydrogens (tertiary/aromatic N) is 3. The third-order valence-electron chi connectivity index (χ3n) is 4.32. The molecule has 1 aromatic carbocycles. The van der Waals surface area contributed by atoms with E-state index in [9.17, 15) is 0 Å². The van der Waals surface area contributed by atoms with Crippen LogP contribution >= 0.6 is 0 Å². The van der Waals surface area contributed by atoms with Gasteiger partial charge in [-0.2, -0.15) is 9.97 Å². The lowest BCUT2D eigenvalue weighted by atomic mass is 9.94. The highest BCUT2D eigenvalue weighted by atomic mass is 15.3. The van der Waals surface area contributed by atoms with Crippen LogP contribution in [0.1, 0.15) is 24.5 Å². The van der Waals surface area contributed by atoms with Crippen molar-refractivity contribution in [2.24, 2.45) is 5.84 Å². The number of aromatic nitrogens is 4. The number of anilines is 2. The molecule has 22 heavy (non-hydrogen) atoms. The number of H-pyrrole nitrogens is 1. The van der Waals surface area contributed by atoms with E-state index in [1.54, 1.807) is 6.33 Å². The minimum atomic E-state index is -0.172. The number of nitrogens with one attached hydrogen (secondary N) is 3. The SMILES string of the molecule is C[C@]1(Nc2nc(NN)nc3nc[nH]c23)CCc2ccccc21. The van der Waals surface area contributed by atoms with Crippen molar-refractivity contribution in [1.82, 2.24) is 19.9 Å². The van der Waals surface area contributed by atoms with E-state index in [4.69, 9.17) is 5.84 Å². The molecule has 0 saturated heterocycles. The lowest BCUT2D eigenvalue weighted by molar-refractivity contribution is 0.537. The van der Waals surface area contributed by atoms with E-state index in [1.807, 2.05) is 0 Å². The van der Waals surface area contributed by atoms with Gasteiger partial charge in [-0.15, -0.1) is 0 Å². The van der Waals surface area contributed by atoms with Gasteiger partial charge in [-0.3, -0.25) is 5.43 Å². The van der Waals surface area contributed by atoms with Crippen LogP contribution in [0.5, 0.6) is 0 Å². The van der Waals surface area contributed by atoms with E-state index in [-0.39, 0.29) is 5.54 Å². The molecule has 1 aliphatic carbocycles. The molecule has 2 heterocycles. The van der Waals surface area contributed by atoms with E-state index < -0.39 is 0 Å². The quantitative estimate of drug-likeness (QED) is 0.434. The number of aryl methyl sites for hydroxylation is 1. The largest absolute Gasteiger partial charge is 0.359 e. The van der Waals surface area contributed by atoms with Crippen molar-refractivity contribution >= 4 is 22.9 Å². The molecule has 0 bridgehead atoms. The first-order valence-corrected chi connectivity index (χ1v) is 7.24. The maximum Gasteiger partial charge on any atom is 0.241 e. The number of aromatic amines is 1. The Hall–Kier alpha value is -2.67. The zero-order valence-corrected chi connectivity index (χ0v) is 12.2. The molecule has 0 radical (unpaired) electrons. The summed E-state index contributed by atoms with van der Waals surface area (Å²) in [5.41, 5.74) is 6.37. The second kappa shape index (κ2) is 4.67. The maximum atomic E-state index is 5.46. The molecule has 0 amide bonds. The van der Waals surface area contributed by atoms with Crippen molar-refractivity contribution in [1.29, 1.82) is 0 Å². The Labute approximate surface area is 127 Å². The molecule has 0 fully saturated rings. The minimum Gasteiger partial charge on any atom is -0.359 e. The molecule has 5 N–H and O–H groups in total. The molecule has 0 spiro atoms. The van der Waals surface area contributed by atoms with Crippen LogP contribution in [0.4, 0.5) is 11.8 Å². The summed E-state index contributed by atoms with van der Waals surface area (Å²) in [6.07, 6.45) is 3.67. The van der Waals surface area contributed by atoms with Gasteiger partial charge in [-0.1, -0.05) is 24.3 Å². The summed E-state index contributed by atoms with van der Waals surface area (Å²) in [6, 6.07) is 8.51. The first-order valence-electron chi connectivity index (χ1n) is 7.24. The topological polar surface area (TPSA) is 105 Å². The molecular weight excluding hydrogens is 278 g/mol. The van der Waals surface area contributed by atoms with Gasteiger partial charge in [-0.05, 0) is 30.9 Å². The van der Waals surface area contributed by atoms with E-state index >= 15 is 0 Å². The average Bonchev–Trinajstić information content (AvgIpc) is 3.13. The Balaban J connectivity index is 1.79. The van der Waals surface area contributed by atoms with Crippen LogP contribution in [-0.2, 0) is 12.0 Å². The second-order valence-electron chi connectivity index (χ2n) is 5.76. The summed E-state index contributed by atoms with van der Waals surface area (Å²) in [6.45, 7) is 2.19. The summed E-state index contributed by atoms with van der Waals surface area (Å²) in [7, 11) is 0. The lowest BCUT2D eigenvalue weighted by Crippen LogP contribution is -2.30. The Kier molecular flexibility index (Phi) is 2.77. The molecule has 4 rings (SSSR count). The maximum absolute atomic E-state index is 5.46. The number of hydrogen-bond donors (Lipinski definition) is 4. The Morgan fingerprint density at radius 1 is 1.27 bits per heavy atom. The molecule has 1 aliphatic rings. The zero-order chi connectivity index (χ0) is 15.2. The molecule has 0 unspecified atom stereocenters. The molecule has 0 saturated carbocycles. The van der Waals surface area contributed by atoms with Gasteiger partial charge < -0.3 is 10.3 Å². The summed E-state index contributed by atoms with van der Waals surface area (Å²) >= 11 is 0. The fraction of sp³-hybridized carbons (Fsp3) is 0.267. The lowest BCUT2D eigenvalue weighted by Gasteiger charge is -2.28. The third kappa shape index (κ3) is 1.90. The first kappa shape index (κ1) is 13.0. The summed E-state index contributed by atoms with van der Waals surface area (Å²) in [4.78, 5) is 15.9. The van der Waals surface area contributed by atoms with Crippen LogP contribution in [0.2, 0.25) is 0 Å². The average molecular weight is 295 g/mol. The summed E-state index contributed by atoms with van der Waals surface area (Å²) < 4.78 is 0. The molecule has 7 heteroatoms. The van der Waals surface area contributed by atoms with Crippen molar-refractivity contribution in [2.75, 3.05) is 10.7 Å². The van der Waals surface area contributed by atoms with Crippen molar-refractivity contribution < 1.29 is 0 Å². The van der Waals surface area contributed by atoms with Gasteiger partial charge in [0.2, 0.25) is 5.95 Å². The van der Waals surface area contributed by atoms with Crippen molar-refractivity contribution in [2.45, 2.75) is 25.3 Å². The van der Waals surface area contributed by atoms with Gasteiger partial charge in [0, 0.05) is 0 Å². The smallest absolute Gasteiger partial charge is 0.241 e. The third-order valence-corrected chi connectivity index (χ3v) is 4.32. The molecule has 1 atom stereocenters. The van der Waals surface area contributed by atoms with Crippen molar-refractivity contribution in [3.8, 4) is 0 Å². The second-order valence-corrected chi connectivity index (χ2v) is 5.76. The van der Waals surface area contributed by atoms with Crippen LogP contribution in [0.15, 0.2) is 30.6 Å². The number of nitrogens with two attached hydrogens (primary N) is 1. The number of hydrazine groups is 1. The molecule has 0 aliphatic heterocycles. The van der Waals surface area contributed by atoms with Crippen molar-refractivity contribution in [3.05, 3.63) is 41.7 Å². The summed E-state index contributed by atoms with van der Waals surface area (Å²) in [5, 5.41) is 3.56. The monoisotopic (exact) mass is 295 g/mol. The van der Waals surface area contributed by atoms with Crippen LogP contribution in [0.3, 0.4) is 0 Å². The van der Waals surface area contributed by atoms with Crippen LogP contribution in [0, 0.1) is 0 Å². The number of imidazole rings is 1. The number of fused-ring (bicyclic) bond motifs is 2. The van der Waals surface area contributed by atoms with E-state index in [2.05, 4.69) is 61.9 Å². The number of rotatable bonds is 3. The first-order chi connectivity index (χ1) is 10.7. The van der Waals surface area contributed by atoms with Gasteiger partial charge in [0.1, 0.15) is 5.52 Å². The highest BCUT2D eigenvalue weighted by molar-refractivity contribution is 5.84.